The third-order valence-electron chi connectivity index (χ3n) is 1.55. The molecule has 0 aliphatic rings. The van der Waals surface area contributed by atoms with Gasteiger partial charge in [0.25, 0.3) is 0 Å². The van der Waals surface area contributed by atoms with E-state index < -0.39 is 0 Å². The van der Waals surface area contributed by atoms with E-state index in [4.69, 9.17) is 0 Å². The highest BCUT2D eigenvalue weighted by Gasteiger charge is 1.92. The minimum Gasteiger partial charge on any atom is -0.355 e. The molecular formula is C8H14N4O. The number of amides is 1. The van der Waals surface area contributed by atoms with Crippen LogP contribution < -0.4 is 10.6 Å². The molecule has 0 radical (unpaired) electrons. The summed E-state index contributed by atoms with van der Waals surface area (Å²) in [7, 11) is 0. The molecule has 1 aromatic heterocycles. The molecule has 0 aliphatic carbocycles. The Hall–Kier alpha value is -1.36. The fourth-order valence-electron chi connectivity index (χ4n) is 0.933. The van der Waals surface area contributed by atoms with Crippen molar-refractivity contribution in [1.29, 1.82) is 0 Å². The number of aromatic amines is 1. The lowest BCUT2D eigenvalue weighted by atomic mass is 10.4. The van der Waals surface area contributed by atoms with Gasteiger partial charge in [0, 0.05) is 38.4 Å². The molecule has 0 bridgehead atoms. The van der Waals surface area contributed by atoms with Gasteiger partial charge in [-0.25, -0.2) is 0 Å². The number of H-pyrrole nitrogens is 1. The summed E-state index contributed by atoms with van der Waals surface area (Å²) in [6.45, 7) is 3.68. The van der Waals surface area contributed by atoms with Crippen LogP contribution in [0.1, 0.15) is 12.6 Å². The highest BCUT2D eigenvalue weighted by atomic mass is 16.1. The summed E-state index contributed by atoms with van der Waals surface area (Å²) >= 11 is 0. The van der Waals surface area contributed by atoms with E-state index >= 15 is 0 Å². The summed E-state index contributed by atoms with van der Waals surface area (Å²) in [5.41, 5.74) is 1.04. The van der Waals surface area contributed by atoms with Gasteiger partial charge in [0.2, 0.25) is 5.91 Å². The quantitative estimate of drug-likeness (QED) is 0.544. The maximum Gasteiger partial charge on any atom is 0.216 e. The predicted octanol–water partition coefficient (Wildman–Crippen LogP) is -0.365. The molecular weight excluding hydrogens is 168 g/mol. The van der Waals surface area contributed by atoms with Crippen LogP contribution >= 0.6 is 0 Å². The van der Waals surface area contributed by atoms with E-state index in [1.165, 1.54) is 6.92 Å². The van der Waals surface area contributed by atoms with Crippen molar-refractivity contribution in [3.63, 3.8) is 0 Å². The first kappa shape index (κ1) is 9.73. The van der Waals surface area contributed by atoms with Crippen molar-refractivity contribution < 1.29 is 4.79 Å². The Labute approximate surface area is 76.9 Å². The van der Waals surface area contributed by atoms with Gasteiger partial charge in [0.1, 0.15) is 0 Å². The van der Waals surface area contributed by atoms with Crippen molar-refractivity contribution >= 4 is 5.91 Å². The van der Waals surface area contributed by atoms with Gasteiger partial charge in [-0.3, -0.25) is 9.89 Å². The van der Waals surface area contributed by atoms with Crippen molar-refractivity contribution in [2.75, 3.05) is 13.1 Å². The fourth-order valence-corrected chi connectivity index (χ4v) is 0.933. The number of hydrogen-bond acceptors (Lipinski definition) is 3. The zero-order valence-electron chi connectivity index (χ0n) is 7.63. The average Bonchev–Trinajstić information content (AvgIpc) is 2.55. The highest BCUT2D eigenvalue weighted by molar-refractivity contribution is 5.72. The number of carbonyl (C=O) groups excluding carboxylic acids is 1. The zero-order chi connectivity index (χ0) is 9.52. The van der Waals surface area contributed by atoms with Crippen LogP contribution in [-0.4, -0.2) is 29.2 Å². The molecule has 1 heterocycles. The van der Waals surface area contributed by atoms with Gasteiger partial charge >= 0.3 is 0 Å². The number of nitrogens with zero attached hydrogens (tertiary/aromatic N) is 1. The summed E-state index contributed by atoms with van der Waals surface area (Å²) in [6.07, 6.45) is 1.71. The molecule has 0 fully saturated rings. The Morgan fingerprint density at radius 3 is 3.08 bits per heavy atom. The molecule has 0 saturated carbocycles. The molecule has 0 unspecified atom stereocenters. The van der Waals surface area contributed by atoms with Crippen LogP contribution in [0.4, 0.5) is 0 Å². The Balaban J connectivity index is 1.99. The van der Waals surface area contributed by atoms with E-state index in [1.807, 2.05) is 6.07 Å². The van der Waals surface area contributed by atoms with E-state index in [-0.39, 0.29) is 5.91 Å². The fraction of sp³-hybridized carbons (Fsp3) is 0.500. The minimum atomic E-state index is 0.00309. The summed E-state index contributed by atoms with van der Waals surface area (Å²) in [6, 6.07) is 1.91. The predicted molar refractivity (Wildman–Crippen MR) is 49.0 cm³/mol. The van der Waals surface area contributed by atoms with E-state index in [9.17, 15) is 4.79 Å². The third-order valence-corrected chi connectivity index (χ3v) is 1.55. The molecule has 0 atom stereocenters. The van der Waals surface area contributed by atoms with Crippen LogP contribution in [0.3, 0.4) is 0 Å². The Kier molecular flexibility index (Phi) is 3.98. The first-order valence-electron chi connectivity index (χ1n) is 4.22. The van der Waals surface area contributed by atoms with Crippen molar-refractivity contribution in [3.8, 4) is 0 Å². The maximum absolute atomic E-state index is 10.5. The lowest BCUT2D eigenvalue weighted by Gasteiger charge is -2.02. The third kappa shape index (κ3) is 4.27. The summed E-state index contributed by atoms with van der Waals surface area (Å²) in [4.78, 5) is 10.5. The lowest BCUT2D eigenvalue weighted by Crippen LogP contribution is -2.29. The summed E-state index contributed by atoms with van der Waals surface area (Å²) in [5, 5.41) is 12.5. The smallest absolute Gasteiger partial charge is 0.216 e. The number of aromatic nitrogens is 2. The number of nitrogens with one attached hydrogen (secondary N) is 3. The van der Waals surface area contributed by atoms with E-state index in [1.54, 1.807) is 6.20 Å². The van der Waals surface area contributed by atoms with Crippen molar-refractivity contribution in [3.05, 3.63) is 18.0 Å². The van der Waals surface area contributed by atoms with Crippen LogP contribution in [0, 0.1) is 0 Å². The first-order chi connectivity index (χ1) is 6.29. The number of rotatable bonds is 5. The van der Waals surface area contributed by atoms with Crippen molar-refractivity contribution in [2.24, 2.45) is 0 Å². The van der Waals surface area contributed by atoms with Gasteiger partial charge in [-0.15, -0.1) is 0 Å². The van der Waals surface area contributed by atoms with Crippen LogP contribution in [0.5, 0.6) is 0 Å². The maximum atomic E-state index is 10.5. The molecule has 0 saturated heterocycles. The Morgan fingerprint density at radius 1 is 1.62 bits per heavy atom. The molecule has 5 nitrogen and oxygen atoms in total. The van der Waals surface area contributed by atoms with Crippen LogP contribution in [0.2, 0.25) is 0 Å². The van der Waals surface area contributed by atoms with Gasteiger partial charge < -0.3 is 10.6 Å². The topological polar surface area (TPSA) is 69.8 Å². The number of hydrogen-bond donors (Lipinski definition) is 3. The van der Waals surface area contributed by atoms with Gasteiger partial charge in [-0.05, 0) is 6.07 Å². The second-order valence-electron chi connectivity index (χ2n) is 2.74. The first-order valence-corrected chi connectivity index (χ1v) is 4.22. The largest absolute Gasteiger partial charge is 0.355 e. The molecule has 1 aromatic rings. The van der Waals surface area contributed by atoms with E-state index in [0.29, 0.717) is 6.54 Å². The van der Waals surface area contributed by atoms with Crippen LogP contribution in [-0.2, 0) is 11.3 Å². The van der Waals surface area contributed by atoms with Gasteiger partial charge in [-0.2, -0.15) is 5.10 Å². The van der Waals surface area contributed by atoms with Crippen LogP contribution in [0.15, 0.2) is 12.3 Å². The second-order valence-corrected chi connectivity index (χ2v) is 2.74. The molecule has 3 N–H and O–H groups in total. The molecule has 1 rings (SSSR count). The van der Waals surface area contributed by atoms with E-state index in [2.05, 4.69) is 20.8 Å². The van der Waals surface area contributed by atoms with Crippen LogP contribution in [0.25, 0.3) is 0 Å². The molecule has 0 aliphatic heterocycles. The molecule has 13 heavy (non-hydrogen) atoms. The lowest BCUT2D eigenvalue weighted by molar-refractivity contribution is -0.118. The monoisotopic (exact) mass is 182 g/mol. The van der Waals surface area contributed by atoms with Gasteiger partial charge in [0.15, 0.2) is 0 Å². The van der Waals surface area contributed by atoms with Crippen molar-refractivity contribution in [2.45, 2.75) is 13.5 Å². The molecule has 72 valence electrons. The normalized spacial score (nSPS) is 9.92. The zero-order valence-corrected chi connectivity index (χ0v) is 7.63. The molecule has 0 aromatic carbocycles. The van der Waals surface area contributed by atoms with Gasteiger partial charge in [0.05, 0.1) is 0 Å². The molecule has 5 heteroatoms. The number of carbonyl (C=O) groups is 1. The standard InChI is InChI=1S/C8H14N4O/c1-7(13)10-5-4-9-6-8-2-3-11-12-8/h2-3,9H,4-6H2,1H3,(H,10,13)(H,11,12). The minimum absolute atomic E-state index is 0.00309. The second kappa shape index (κ2) is 5.31. The van der Waals surface area contributed by atoms with Crippen molar-refractivity contribution in [1.82, 2.24) is 20.8 Å². The average molecular weight is 182 g/mol. The van der Waals surface area contributed by atoms with E-state index in [0.717, 1.165) is 18.8 Å². The Bertz CT molecular complexity index is 245. The molecule has 1 amide bonds. The Morgan fingerprint density at radius 2 is 2.46 bits per heavy atom. The molecule has 0 spiro atoms. The van der Waals surface area contributed by atoms with Gasteiger partial charge in [-0.1, -0.05) is 0 Å². The summed E-state index contributed by atoms with van der Waals surface area (Å²) < 4.78 is 0. The highest BCUT2D eigenvalue weighted by Crippen LogP contribution is 1.88. The summed E-state index contributed by atoms with van der Waals surface area (Å²) in [5.74, 6) is 0.00309. The SMILES string of the molecule is CC(=O)NCCNCc1ccn[nH]1.